The molecule has 228 valence electrons. The molecule has 10 rings (SSSR count). The van der Waals surface area contributed by atoms with E-state index in [1.54, 1.807) is 24.3 Å². The lowest BCUT2D eigenvalue weighted by Crippen LogP contribution is -1.91. The smallest absolute Gasteiger partial charge is 0.136 e. The molecule has 1 heteroatoms. The SMILES string of the molecule is [2H]c1c([2H])c(-c2c3ccccc3c(-c3c([2H])c([2H])c([2H])c4oc5c([2H])c([2H])c(-c6ccccc6)c([2H])c5c34)c3ccccc23)c([2H])c([2H])c1-c1ccc2ccccc2c1. The van der Waals surface area contributed by atoms with Crippen LogP contribution in [0.15, 0.2) is 186 Å². The molecular formula is C48H30O. The van der Waals surface area contributed by atoms with Crippen molar-refractivity contribution in [3.8, 4) is 44.5 Å². The molecule has 0 radical (unpaired) electrons. The summed E-state index contributed by atoms with van der Waals surface area (Å²) in [5.41, 5.74) is 2.60. The molecule has 0 aliphatic carbocycles. The average molecular weight is 633 g/mol. The Morgan fingerprint density at radius 2 is 1.00 bits per heavy atom. The van der Waals surface area contributed by atoms with Crippen LogP contribution >= 0.6 is 0 Å². The van der Waals surface area contributed by atoms with Gasteiger partial charge in [-0.15, -0.1) is 0 Å². The molecule has 0 saturated heterocycles. The molecule has 0 fully saturated rings. The third-order valence-electron chi connectivity index (χ3n) is 9.23. The highest BCUT2D eigenvalue weighted by atomic mass is 16.3. The summed E-state index contributed by atoms with van der Waals surface area (Å²) in [6.07, 6.45) is 0. The highest BCUT2D eigenvalue weighted by molar-refractivity contribution is 6.25. The Morgan fingerprint density at radius 3 is 1.73 bits per heavy atom. The van der Waals surface area contributed by atoms with Gasteiger partial charge in [0.05, 0.1) is 13.7 Å². The predicted molar refractivity (Wildman–Crippen MR) is 208 cm³/mol. The van der Waals surface area contributed by atoms with Gasteiger partial charge in [0, 0.05) is 10.8 Å². The molecule has 0 aliphatic heterocycles. The lowest BCUT2D eigenvalue weighted by molar-refractivity contribution is 0.669. The van der Waals surface area contributed by atoms with Crippen LogP contribution in [0, 0.1) is 0 Å². The van der Waals surface area contributed by atoms with Crippen LogP contribution < -0.4 is 0 Å². The van der Waals surface area contributed by atoms with Crippen molar-refractivity contribution in [1.82, 2.24) is 0 Å². The van der Waals surface area contributed by atoms with E-state index in [9.17, 15) is 8.22 Å². The van der Waals surface area contributed by atoms with Crippen molar-refractivity contribution in [3.05, 3.63) is 182 Å². The van der Waals surface area contributed by atoms with E-state index in [4.69, 9.17) is 9.90 Å². The van der Waals surface area contributed by atoms with Crippen molar-refractivity contribution in [3.63, 3.8) is 0 Å². The van der Waals surface area contributed by atoms with Crippen LogP contribution in [0.2, 0.25) is 0 Å². The van der Waals surface area contributed by atoms with E-state index in [0.717, 1.165) is 10.8 Å². The molecule has 10 aromatic rings. The van der Waals surface area contributed by atoms with Crippen LogP contribution in [0.5, 0.6) is 0 Å². The van der Waals surface area contributed by atoms with Crippen molar-refractivity contribution in [2.24, 2.45) is 0 Å². The van der Waals surface area contributed by atoms with Crippen LogP contribution in [0.25, 0.3) is 98.8 Å². The molecule has 0 amide bonds. The lowest BCUT2D eigenvalue weighted by atomic mass is 9.84. The number of benzene rings is 9. The monoisotopic (exact) mass is 632 g/mol. The summed E-state index contributed by atoms with van der Waals surface area (Å²) in [6, 6.07) is 34.3. The number of rotatable bonds is 4. The van der Waals surface area contributed by atoms with E-state index in [1.807, 2.05) is 97.1 Å². The number of furan rings is 1. The van der Waals surface area contributed by atoms with Gasteiger partial charge in [-0.3, -0.25) is 0 Å². The van der Waals surface area contributed by atoms with Crippen molar-refractivity contribution in [2.75, 3.05) is 0 Å². The number of hydrogen-bond donors (Lipinski definition) is 0. The minimum Gasteiger partial charge on any atom is -0.456 e. The topological polar surface area (TPSA) is 13.1 Å². The second-order valence-electron chi connectivity index (χ2n) is 12.0. The molecule has 0 aliphatic rings. The highest BCUT2D eigenvalue weighted by Crippen LogP contribution is 2.47. The molecule has 49 heavy (non-hydrogen) atoms. The van der Waals surface area contributed by atoms with Crippen molar-refractivity contribution in [1.29, 1.82) is 0 Å². The normalized spacial score (nSPS) is 14.5. The molecule has 0 bridgehead atoms. The maximum Gasteiger partial charge on any atom is 0.136 e. The Kier molecular flexibility index (Phi) is 4.39. The van der Waals surface area contributed by atoms with Gasteiger partial charge < -0.3 is 4.42 Å². The average Bonchev–Trinajstić information content (AvgIpc) is 3.66. The first-order valence-corrected chi connectivity index (χ1v) is 16.0. The lowest BCUT2D eigenvalue weighted by Gasteiger charge is -2.18. The van der Waals surface area contributed by atoms with Gasteiger partial charge in [-0.05, 0) is 101 Å². The highest BCUT2D eigenvalue weighted by Gasteiger charge is 2.20. The third-order valence-corrected chi connectivity index (χ3v) is 9.23. The van der Waals surface area contributed by atoms with Gasteiger partial charge in [0.2, 0.25) is 0 Å². The van der Waals surface area contributed by atoms with E-state index >= 15 is 0 Å². The first-order chi connectivity index (χ1) is 28.5. The van der Waals surface area contributed by atoms with E-state index in [0.29, 0.717) is 43.8 Å². The van der Waals surface area contributed by atoms with Gasteiger partial charge in [0.15, 0.2) is 0 Å². The minimum atomic E-state index is -0.417. The summed E-state index contributed by atoms with van der Waals surface area (Å²) in [5, 5.41) is 4.51. The maximum absolute atomic E-state index is 9.54. The van der Waals surface area contributed by atoms with Crippen molar-refractivity contribution >= 4 is 54.3 Å². The molecule has 1 aromatic heterocycles. The zero-order chi connectivity index (χ0) is 41.0. The van der Waals surface area contributed by atoms with E-state index < -0.39 is 6.04 Å². The molecule has 0 spiro atoms. The molecule has 1 nitrogen and oxygen atoms in total. The van der Waals surface area contributed by atoms with E-state index in [1.165, 1.54) is 0 Å². The molecule has 0 atom stereocenters. The summed E-state index contributed by atoms with van der Waals surface area (Å²) in [6.45, 7) is 0. The second kappa shape index (κ2) is 11.1. The van der Waals surface area contributed by atoms with Crippen LogP contribution in [-0.4, -0.2) is 0 Å². The summed E-state index contributed by atoms with van der Waals surface area (Å²) >= 11 is 0. The zero-order valence-electron chi connectivity index (χ0n) is 36.0. The number of hydrogen-bond acceptors (Lipinski definition) is 1. The fourth-order valence-electron chi connectivity index (χ4n) is 6.98. The van der Waals surface area contributed by atoms with Crippen molar-refractivity contribution in [2.45, 2.75) is 0 Å². The van der Waals surface area contributed by atoms with Gasteiger partial charge in [-0.2, -0.15) is 0 Å². The van der Waals surface area contributed by atoms with Gasteiger partial charge >= 0.3 is 0 Å². The summed E-state index contributed by atoms with van der Waals surface area (Å²) < 4.78 is 98.7. The first kappa shape index (κ1) is 19.4. The number of fused-ring (bicyclic) bond motifs is 6. The largest absolute Gasteiger partial charge is 0.456 e. The van der Waals surface area contributed by atoms with Crippen LogP contribution in [0.3, 0.4) is 0 Å². The third kappa shape index (κ3) is 4.47. The zero-order valence-corrected chi connectivity index (χ0v) is 26.0. The van der Waals surface area contributed by atoms with Crippen LogP contribution in [0.4, 0.5) is 0 Å². The fourth-order valence-corrected chi connectivity index (χ4v) is 6.98. The Bertz CT molecular complexity index is 3360. The summed E-state index contributed by atoms with van der Waals surface area (Å²) in [4.78, 5) is 0. The molecule has 0 saturated carbocycles. The molecule has 9 aromatic carbocycles. The van der Waals surface area contributed by atoms with Gasteiger partial charge in [0.25, 0.3) is 0 Å². The molecule has 1 heterocycles. The van der Waals surface area contributed by atoms with Gasteiger partial charge in [-0.1, -0.05) is 158 Å². The van der Waals surface area contributed by atoms with Crippen LogP contribution in [-0.2, 0) is 0 Å². The Morgan fingerprint density at radius 1 is 0.388 bits per heavy atom. The predicted octanol–water partition coefficient (Wildman–Crippen LogP) is 13.7. The fraction of sp³-hybridized carbons (Fsp3) is 0. The quantitative estimate of drug-likeness (QED) is 0.176. The van der Waals surface area contributed by atoms with Gasteiger partial charge in [-0.25, -0.2) is 0 Å². The Balaban J connectivity index is 1.33. The van der Waals surface area contributed by atoms with Crippen LogP contribution in [0.1, 0.15) is 13.7 Å². The Labute approximate surface area is 298 Å². The second-order valence-corrected chi connectivity index (χ2v) is 12.0. The van der Waals surface area contributed by atoms with E-state index in [-0.39, 0.29) is 98.6 Å². The molecule has 0 unspecified atom stereocenters. The van der Waals surface area contributed by atoms with Crippen molar-refractivity contribution < 1.29 is 18.1 Å². The molecular weight excluding hydrogens is 593 g/mol. The maximum atomic E-state index is 9.54. The van der Waals surface area contributed by atoms with E-state index in [2.05, 4.69) is 0 Å². The first-order valence-electron chi connectivity index (χ1n) is 21.0. The summed E-state index contributed by atoms with van der Waals surface area (Å²) in [5.74, 6) is 0. The molecule has 0 N–H and O–H groups in total. The standard InChI is InChI=1S/C48H30O/c1-2-11-31(12-3-1)37-27-28-44-43(30-37)48-42(19-10-20-45(48)49-44)47-40-17-8-6-15-38(40)46(39-16-7-9-18-41(39)47)34-24-21-33(22-25-34)36-26-23-32-13-4-5-14-35(32)29-36/h1-30H/i10D,19D,20D,21D,22D,24D,25D,27D,28D,30D. The summed E-state index contributed by atoms with van der Waals surface area (Å²) in [7, 11) is 0. The van der Waals surface area contributed by atoms with Gasteiger partial charge in [0.1, 0.15) is 11.2 Å². The minimum absolute atomic E-state index is 0.0799. The Hall–Kier alpha value is -6.44.